The van der Waals surface area contributed by atoms with Gasteiger partial charge >= 0.3 is 17.9 Å². The monoisotopic (exact) mass is 646 g/mol. The average Bonchev–Trinajstić information content (AvgIpc) is 3.01. The number of aliphatic hydroxyl groups is 3. The molecule has 0 aromatic rings. The number of hydrogen-bond donors (Lipinski definition) is 4. The summed E-state index contributed by atoms with van der Waals surface area (Å²) in [5.41, 5.74) is 0. The van der Waals surface area contributed by atoms with Gasteiger partial charge in [-0.3, -0.25) is 9.59 Å². The molecule has 0 aromatic heterocycles. The van der Waals surface area contributed by atoms with Gasteiger partial charge in [0.25, 0.3) is 0 Å². The van der Waals surface area contributed by atoms with Crippen LogP contribution in [0, 0.1) is 0 Å². The Morgan fingerprint density at radius 3 is 1.51 bits per heavy atom. The molecule has 1 aliphatic heterocycles. The second-order valence-electron chi connectivity index (χ2n) is 12.4. The number of carboxylic acids is 1. The number of aliphatic carboxylic acids is 1. The van der Waals surface area contributed by atoms with Crippen LogP contribution in [-0.2, 0) is 33.3 Å². The summed E-state index contributed by atoms with van der Waals surface area (Å²) in [6.45, 7) is 3.73. The van der Waals surface area contributed by atoms with Gasteiger partial charge in [0.05, 0.1) is 6.61 Å². The number of carbonyl (C=O) groups excluding carboxylic acids is 2. The van der Waals surface area contributed by atoms with E-state index >= 15 is 0 Å². The Morgan fingerprint density at radius 2 is 1.04 bits per heavy atom. The molecule has 1 fully saturated rings. The molecule has 0 saturated carbocycles. The van der Waals surface area contributed by atoms with E-state index in [4.69, 9.17) is 18.9 Å². The molecule has 0 amide bonds. The van der Waals surface area contributed by atoms with Crippen molar-refractivity contribution in [2.24, 2.45) is 0 Å². The Bertz CT molecular complexity index is 777. The van der Waals surface area contributed by atoms with Crippen molar-refractivity contribution < 1.29 is 53.8 Å². The lowest BCUT2D eigenvalue weighted by molar-refractivity contribution is -0.298. The molecule has 6 atom stereocenters. The van der Waals surface area contributed by atoms with Crippen molar-refractivity contribution in [3.63, 3.8) is 0 Å². The largest absolute Gasteiger partial charge is 0.479 e. The number of rotatable bonds is 28. The first-order chi connectivity index (χ1) is 21.7. The van der Waals surface area contributed by atoms with Gasteiger partial charge in [0.15, 0.2) is 18.5 Å². The van der Waals surface area contributed by atoms with E-state index in [1.165, 1.54) is 70.6 Å². The molecule has 1 aliphatic rings. The van der Waals surface area contributed by atoms with Crippen LogP contribution < -0.4 is 0 Å². The summed E-state index contributed by atoms with van der Waals surface area (Å²) >= 11 is 0. The quantitative estimate of drug-likeness (QED) is 0.0618. The van der Waals surface area contributed by atoms with Crippen LogP contribution in [0.15, 0.2) is 0 Å². The van der Waals surface area contributed by atoms with Gasteiger partial charge in [-0.25, -0.2) is 4.79 Å². The highest BCUT2D eigenvalue weighted by Crippen LogP contribution is 2.23. The van der Waals surface area contributed by atoms with Gasteiger partial charge in [-0.2, -0.15) is 0 Å². The average molecular weight is 647 g/mol. The highest BCUT2D eigenvalue weighted by atomic mass is 16.7. The van der Waals surface area contributed by atoms with E-state index in [1.807, 2.05) is 0 Å². The molecular formula is C34H62O11. The van der Waals surface area contributed by atoms with Crippen LogP contribution >= 0.6 is 0 Å². The highest BCUT2D eigenvalue weighted by Gasteiger charge is 2.47. The number of ether oxygens (including phenoxy) is 4. The maximum atomic E-state index is 12.6. The van der Waals surface area contributed by atoms with Gasteiger partial charge < -0.3 is 39.4 Å². The Hall–Kier alpha value is -1.79. The summed E-state index contributed by atoms with van der Waals surface area (Å²) < 4.78 is 21.5. The van der Waals surface area contributed by atoms with Gasteiger partial charge in [0.2, 0.25) is 0 Å². The molecule has 11 heteroatoms. The predicted octanol–water partition coefficient (Wildman–Crippen LogP) is 5.58. The zero-order valence-corrected chi connectivity index (χ0v) is 27.9. The molecule has 0 radical (unpaired) electrons. The fraction of sp³-hybridized carbons (Fsp3) is 0.912. The minimum absolute atomic E-state index is 0.188. The number of aliphatic hydroxyl groups excluding tert-OH is 3. The number of carbonyl (C=O) groups is 3. The second kappa shape index (κ2) is 26.3. The lowest BCUT2D eigenvalue weighted by Crippen LogP contribution is -2.60. The highest BCUT2D eigenvalue weighted by molar-refractivity contribution is 5.73. The van der Waals surface area contributed by atoms with Crippen LogP contribution in [0.25, 0.3) is 0 Å². The number of esters is 2. The molecule has 0 bridgehead atoms. The van der Waals surface area contributed by atoms with E-state index in [9.17, 15) is 34.8 Å². The summed E-state index contributed by atoms with van der Waals surface area (Å²) in [5.74, 6) is -2.44. The van der Waals surface area contributed by atoms with Crippen LogP contribution in [0.2, 0.25) is 0 Å². The molecule has 4 N–H and O–H groups in total. The van der Waals surface area contributed by atoms with Crippen LogP contribution in [0.5, 0.6) is 0 Å². The SMILES string of the molecule is CCCCCCCCCCCCC(=O)OCC(COC1OC(C(=O)O)C(O)C(O)C1O)OC(=O)CCCCCCCCCCC. The Balaban J connectivity index is 2.49. The van der Waals surface area contributed by atoms with E-state index in [0.717, 1.165) is 38.5 Å². The minimum atomic E-state index is -1.85. The van der Waals surface area contributed by atoms with E-state index in [0.29, 0.717) is 12.8 Å². The Morgan fingerprint density at radius 1 is 0.600 bits per heavy atom. The zero-order valence-electron chi connectivity index (χ0n) is 27.9. The Labute approximate surface area is 270 Å². The maximum absolute atomic E-state index is 12.6. The Kier molecular flexibility index (Phi) is 24.1. The first kappa shape index (κ1) is 41.2. The van der Waals surface area contributed by atoms with E-state index < -0.39 is 54.7 Å². The van der Waals surface area contributed by atoms with E-state index in [2.05, 4.69) is 13.8 Å². The molecule has 1 rings (SSSR count). The third kappa shape index (κ3) is 19.5. The second-order valence-corrected chi connectivity index (χ2v) is 12.4. The topological polar surface area (TPSA) is 169 Å². The summed E-state index contributed by atoms with van der Waals surface area (Å²) in [7, 11) is 0. The first-order valence-electron chi connectivity index (χ1n) is 17.6. The fourth-order valence-electron chi connectivity index (χ4n) is 5.35. The molecule has 45 heavy (non-hydrogen) atoms. The van der Waals surface area contributed by atoms with Gasteiger partial charge in [-0.05, 0) is 12.8 Å². The summed E-state index contributed by atoms with van der Waals surface area (Å²) in [6.07, 6.45) is 11.9. The molecule has 6 unspecified atom stereocenters. The summed E-state index contributed by atoms with van der Waals surface area (Å²) in [4.78, 5) is 36.4. The smallest absolute Gasteiger partial charge is 0.335 e. The summed E-state index contributed by atoms with van der Waals surface area (Å²) in [6, 6.07) is 0. The maximum Gasteiger partial charge on any atom is 0.335 e. The molecule has 11 nitrogen and oxygen atoms in total. The number of hydrogen-bond acceptors (Lipinski definition) is 10. The van der Waals surface area contributed by atoms with Gasteiger partial charge in [0.1, 0.15) is 24.9 Å². The third-order valence-electron chi connectivity index (χ3n) is 8.21. The van der Waals surface area contributed by atoms with Gasteiger partial charge in [0, 0.05) is 12.8 Å². The van der Waals surface area contributed by atoms with Gasteiger partial charge in [-0.15, -0.1) is 0 Å². The number of carboxylic acid groups (broad SMARTS) is 1. The lowest BCUT2D eigenvalue weighted by atomic mass is 9.99. The summed E-state index contributed by atoms with van der Waals surface area (Å²) in [5, 5.41) is 39.5. The lowest BCUT2D eigenvalue weighted by Gasteiger charge is -2.38. The zero-order chi connectivity index (χ0) is 33.3. The normalized spacial score (nSPS) is 22.2. The van der Waals surface area contributed by atoms with Crippen molar-refractivity contribution in [3.05, 3.63) is 0 Å². The van der Waals surface area contributed by atoms with Crippen molar-refractivity contribution >= 4 is 17.9 Å². The van der Waals surface area contributed by atoms with Gasteiger partial charge in [-0.1, -0.05) is 123 Å². The molecular weight excluding hydrogens is 584 g/mol. The van der Waals surface area contributed by atoms with Crippen molar-refractivity contribution in [1.29, 1.82) is 0 Å². The van der Waals surface area contributed by atoms with Crippen LogP contribution in [0.4, 0.5) is 0 Å². The molecule has 264 valence electrons. The van der Waals surface area contributed by atoms with Crippen LogP contribution in [-0.4, -0.2) is 88.4 Å². The van der Waals surface area contributed by atoms with Crippen LogP contribution in [0.1, 0.15) is 149 Å². The molecule has 0 aliphatic carbocycles. The van der Waals surface area contributed by atoms with Crippen molar-refractivity contribution in [2.45, 2.75) is 185 Å². The van der Waals surface area contributed by atoms with Crippen molar-refractivity contribution in [1.82, 2.24) is 0 Å². The van der Waals surface area contributed by atoms with Crippen molar-refractivity contribution in [3.8, 4) is 0 Å². The predicted molar refractivity (Wildman–Crippen MR) is 169 cm³/mol. The minimum Gasteiger partial charge on any atom is -0.479 e. The van der Waals surface area contributed by atoms with E-state index in [-0.39, 0.29) is 26.1 Å². The molecule has 0 aromatic carbocycles. The molecule has 0 spiro atoms. The standard InChI is InChI=1S/C34H62O11/c1-3-5-7-9-11-13-15-16-18-20-22-27(35)42-24-26(44-28(36)23-21-19-17-14-12-10-8-6-4-2)25-43-34-31(39)29(37)30(38)32(45-34)33(40)41/h26,29-32,34,37-39H,3-25H2,1-2H3,(H,40,41). The van der Waals surface area contributed by atoms with E-state index in [1.54, 1.807) is 0 Å². The fourth-order valence-corrected chi connectivity index (χ4v) is 5.35. The molecule has 1 heterocycles. The third-order valence-corrected chi connectivity index (χ3v) is 8.21. The molecule has 1 saturated heterocycles. The van der Waals surface area contributed by atoms with Crippen molar-refractivity contribution in [2.75, 3.05) is 13.2 Å². The number of unbranched alkanes of at least 4 members (excludes halogenated alkanes) is 17. The van der Waals surface area contributed by atoms with Crippen LogP contribution in [0.3, 0.4) is 0 Å². The first-order valence-corrected chi connectivity index (χ1v) is 17.6.